The number of carbonyl (C=O) groups is 1. The molecule has 0 bridgehead atoms. The van der Waals surface area contributed by atoms with Crippen LogP contribution in [0.15, 0.2) is 53.6 Å². The number of non-ortho nitro benzene ring substituents is 1. The Bertz CT molecular complexity index is 737. The van der Waals surface area contributed by atoms with Gasteiger partial charge in [-0.1, -0.05) is 24.3 Å². The van der Waals surface area contributed by atoms with E-state index in [0.29, 0.717) is 17.0 Å². The molecule has 0 aromatic heterocycles. The molecule has 2 aromatic rings. The predicted octanol–water partition coefficient (Wildman–Crippen LogP) is 2.26. The molecule has 7 heteroatoms. The van der Waals surface area contributed by atoms with E-state index in [4.69, 9.17) is 5.73 Å². The number of anilines is 1. The van der Waals surface area contributed by atoms with Gasteiger partial charge in [-0.25, -0.2) is 5.43 Å². The molecule has 0 aliphatic carbocycles. The molecule has 118 valence electrons. The Balaban J connectivity index is 1.95. The lowest BCUT2D eigenvalue weighted by Crippen LogP contribution is -2.21. The van der Waals surface area contributed by atoms with Gasteiger partial charge < -0.3 is 5.73 Å². The van der Waals surface area contributed by atoms with Gasteiger partial charge in [0, 0.05) is 17.8 Å². The second kappa shape index (κ2) is 7.17. The lowest BCUT2D eigenvalue weighted by molar-refractivity contribution is -0.384. The van der Waals surface area contributed by atoms with Crippen molar-refractivity contribution in [2.45, 2.75) is 13.3 Å². The normalized spacial score (nSPS) is 11.1. The Kier molecular flexibility index (Phi) is 5.03. The second-order valence-corrected chi connectivity index (χ2v) is 4.95. The maximum atomic E-state index is 11.8. The van der Waals surface area contributed by atoms with Gasteiger partial charge in [-0.15, -0.1) is 0 Å². The number of hydrogen-bond acceptors (Lipinski definition) is 5. The highest BCUT2D eigenvalue weighted by Gasteiger charge is 2.07. The molecule has 0 aliphatic rings. The number of nitrogen functional groups attached to an aromatic ring is 1. The van der Waals surface area contributed by atoms with Crippen LogP contribution in [0.25, 0.3) is 0 Å². The van der Waals surface area contributed by atoms with E-state index in [9.17, 15) is 14.9 Å². The highest BCUT2D eigenvalue weighted by atomic mass is 16.6. The third kappa shape index (κ3) is 4.63. The Labute approximate surface area is 133 Å². The summed E-state index contributed by atoms with van der Waals surface area (Å²) in [7, 11) is 0. The number of nitrogens with zero attached hydrogens (tertiary/aromatic N) is 2. The van der Waals surface area contributed by atoms with Crippen LogP contribution in [0.5, 0.6) is 0 Å². The Hall–Kier alpha value is -3.22. The summed E-state index contributed by atoms with van der Waals surface area (Å²) in [5.74, 6) is -0.298. The molecular formula is C16H16N4O3. The Morgan fingerprint density at radius 2 is 1.78 bits per heavy atom. The average Bonchev–Trinajstić information content (AvgIpc) is 2.54. The van der Waals surface area contributed by atoms with Crippen molar-refractivity contribution in [1.29, 1.82) is 0 Å². The van der Waals surface area contributed by atoms with Gasteiger partial charge in [0.15, 0.2) is 0 Å². The zero-order valence-electron chi connectivity index (χ0n) is 12.5. The zero-order valence-corrected chi connectivity index (χ0v) is 12.5. The van der Waals surface area contributed by atoms with Gasteiger partial charge in [-0.2, -0.15) is 5.10 Å². The molecule has 0 saturated carbocycles. The van der Waals surface area contributed by atoms with Crippen LogP contribution in [0.4, 0.5) is 11.4 Å². The van der Waals surface area contributed by atoms with E-state index >= 15 is 0 Å². The molecule has 0 saturated heterocycles. The van der Waals surface area contributed by atoms with Gasteiger partial charge in [0.2, 0.25) is 5.91 Å². The lowest BCUT2D eigenvalue weighted by Gasteiger charge is -2.04. The first-order valence-corrected chi connectivity index (χ1v) is 6.88. The van der Waals surface area contributed by atoms with E-state index in [2.05, 4.69) is 10.5 Å². The largest absolute Gasteiger partial charge is 0.399 e. The van der Waals surface area contributed by atoms with Crippen molar-refractivity contribution < 1.29 is 9.72 Å². The van der Waals surface area contributed by atoms with E-state index in [1.54, 1.807) is 31.2 Å². The van der Waals surface area contributed by atoms with E-state index in [1.165, 1.54) is 12.1 Å². The summed E-state index contributed by atoms with van der Waals surface area (Å²) in [4.78, 5) is 21.9. The summed E-state index contributed by atoms with van der Waals surface area (Å²) < 4.78 is 0. The van der Waals surface area contributed by atoms with Crippen LogP contribution in [-0.4, -0.2) is 16.5 Å². The minimum Gasteiger partial charge on any atom is -0.399 e. The van der Waals surface area contributed by atoms with Gasteiger partial charge in [0.25, 0.3) is 5.69 Å². The van der Waals surface area contributed by atoms with Gasteiger partial charge in [0.05, 0.1) is 17.1 Å². The van der Waals surface area contributed by atoms with Crippen LogP contribution in [0, 0.1) is 10.1 Å². The first-order chi connectivity index (χ1) is 11.0. The van der Waals surface area contributed by atoms with Crippen molar-refractivity contribution in [3.8, 4) is 0 Å². The standard InChI is InChI=1S/C16H16N4O3/c1-11(13-4-6-14(17)7-5-13)18-19-16(21)10-12-2-8-15(9-3-12)20(22)23/h2-9H,10,17H2,1H3,(H,19,21). The van der Waals surface area contributed by atoms with E-state index in [-0.39, 0.29) is 18.0 Å². The summed E-state index contributed by atoms with van der Waals surface area (Å²) in [5, 5.41) is 14.6. The van der Waals surface area contributed by atoms with Crippen LogP contribution < -0.4 is 11.2 Å². The lowest BCUT2D eigenvalue weighted by atomic mass is 10.1. The fourth-order valence-corrected chi connectivity index (χ4v) is 1.90. The van der Waals surface area contributed by atoms with Crippen LogP contribution in [0.2, 0.25) is 0 Å². The predicted molar refractivity (Wildman–Crippen MR) is 88.0 cm³/mol. The van der Waals surface area contributed by atoms with Crippen molar-refractivity contribution in [3.05, 3.63) is 69.8 Å². The number of nitro groups is 1. The average molecular weight is 312 g/mol. The first-order valence-electron chi connectivity index (χ1n) is 6.88. The van der Waals surface area contributed by atoms with Gasteiger partial charge in [-0.3, -0.25) is 14.9 Å². The van der Waals surface area contributed by atoms with Crippen molar-refractivity contribution in [2.75, 3.05) is 5.73 Å². The summed E-state index contributed by atoms with van der Waals surface area (Å²) in [6, 6.07) is 13.0. The van der Waals surface area contributed by atoms with Gasteiger partial charge >= 0.3 is 0 Å². The number of hydrogen-bond donors (Lipinski definition) is 2. The molecule has 0 spiro atoms. The first kappa shape index (κ1) is 16.2. The quantitative estimate of drug-likeness (QED) is 0.382. The highest BCUT2D eigenvalue weighted by molar-refractivity contribution is 5.99. The van der Waals surface area contributed by atoms with Crippen molar-refractivity contribution in [1.82, 2.24) is 5.43 Å². The SMILES string of the molecule is CC(=NNC(=O)Cc1ccc([N+](=O)[O-])cc1)c1ccc(N)cc1. The molecule has 2 aromatic carbocycles. The molecule has 0 unspecified atom stereocenters. The fraction of sp³-hybridized carbons (Fsp3) is 0.125. The molecule has 0 fully saturated rings. The zero-order chi connectivity index (χ0) is 16.8. The molecule has 0 radical (unpaired) electrons. The van der Waals surface area contributed by atoms with Crippen LogP contribution in [0.1, 0.15) is 18.1 Å². The van der Waals surface area contributed by atoms with E-state index in [1.807, 2.05) is 12.1 Å². The summed E-state index contributed by atoms with van der Waals surface area (Å²) in [6.07, 6.45) is 0.0938. The molecule has 0 heterocycles. The third-order valence-electron chi connectivity index (χ3n) is 3.19. The topological polar surface area (TPSA) is 111 Å². The molecule has 0 aliphatic heterocycles. The monoisotopic (exact) mass is 312 g/mol. The maximum Gasteiger partial charge on any atom is 0.269 e. The number of hydrazone groups is 1. The summed E-state index contributed by atoms with van der Waals surface area (Å²) >= 11 is 0. The molecule has 3 N–H and O–H groups in total. The summed E-state index contributed by atoms with van der Waals surface area (Å²) in [5.41, 5.74) is 10.9. The number of nitro benzene ring substituents is 1. The summed E-state index contributed by atoms with van der Waals surface area (Å²) in [6.45, 7) is 1.78. The molecule has 1 amide bonds. The van der Waals surface area contributed by atoms with Gasteiger partial charge in [-0.05, 0) is 30.2 Å². The number of nitrogens with one attached hydrogen (secondary N) is 1. The minimum absolute atomic E-state index is 0.00799. The molecule has 0 atom stereocenters. The third-order valence-corrected chi connectivity index (χ3v) is 3.19. The van der Waals surface area contributed by atoms with E-state index in [0.717, 1.165) is 5.56 Å². The Morgan fingerprint density at radius 1 is 1.17 bits per heavy atom. The Morgan fingerprint density at radius 3 is 2.35 bits per heavy atom. The molecule has 7 nitrogen and oxygen atoms in total. The smallest absolute Gasteiger partial charge is 0.269 e. The van der Waals surface area contributed by atoms with Crippen LogP contribution in [0.3, 0.4) is 0 Å². The highest BCUT2D eigenvalue weighted by Crippen LogP contribution is 2.12. The molecule has 23 heavy (non-hydrogen) atoms. The van der Waals surface area contributed by atoms with Crippen molar-refractivity contribution in [2.24, 2.45) is 5.10 Å². The number of rotatable bonds is 5. The van der Waals surface area contributed by atoms with Crippen molar-refractivity contribution >= 4 is 23.0 Å². The van der Waals surface area contributed by atoms with Crippen molar-refractivity contribution in [3.63, 3.8) is 0 Å². The number of nitrogens with two attached hydrogens (primary N) is 1. The molecule has 2 rings (SSSR count). The maximum absolute atomic E-state index is 11.8. The second-order valence-electron chi connectivity index (χ2n) is 4.95. The number of carbonyl (C=O) groups excluding carboxylic acids is 1. The molecular weight excluding hydrogens is 296 g/mol. The van der Waals surface area contributed by atoms with Gasteiger partial charge in [0.1, 0.15) is 0 Å². The number of benzene rings is 2. The van der Waals surface area contributed by atoms with Crippen LogP contribution >= 0.6 is 0 Å². The van der Waals surface area contributed by atoms with Crippen LogP contribution in [-0.2, 0) is 11.2 Å². The minimum atomic E-state index is -0.482. The number of amides is 1. The fourth-order valence-electron chi connectivity index (χ4n) is 1.90. The van der Waals surface area contributed by atoms with E-state index < -0.39 is 4.92 Å².